The summed E-state index contributed by atoms with van der Waals surface area (Å²) in [7, 11) is 1.61. The standard InChI is InChI=1S/C22H18FN3O5S/c1-24-16-13-8-32-21-20(31-22(29)30)19(28)10-5-12(23)18(15(16)17(10)26(13)21)25-6-9-3-2-4-14(27)11(9)7-25/h2,4-5,8-9,11,14,27H,3,6-7H2,1H3,(H,29,30). The summed E-state index contributed by atoms with van der Waals surface area (Å²) in [5.41, 5.74) is 0.855. The van der Waals surface area contributed by atoms with Crippen molar-refractivity contribution in [1.82, 2.24) is 4.40 Å². The second-order valence-corrected chi connectivity index (χ2v) is 9.18. The van der Waals surface area contributed by atoms with Crippen LogP contribution in [0, 0.1) is 17.7 Å². The molecular formula is C22H18FN3O5S. The lowest BCUT2D eigenvalue weighted by Gasteiger charge is -2.24. The molecule has 3 aromatic heterocycles. The van der Waals surface area contributed by atoms with Crippen LogP contribution >= 0.6 is 11.3 Å². The van der Waals surface area contributed by atoms with Gasteiger partial charge in [-0.3, -0.25) is 14.2 Å². The zero-order valence-corrected chi connectivity index (χ0v) is 17.7. The second kappa shape index (κ2) is 6.63. The van der Waals surface area contributed by atoms with Crippen molar-refractivity contribution >= 4 is 49.8 Å². The van der Waals surface area contributed by atoms with E-state index in [1.54, 1.807) is 22.9 Å². The molecule has 3 atom stereocenters. The van der Waals surface area contributed by atoms with Gasteiger partial charge in [0, 0.05) is 31.4 Å². The van der Waals surface area contributed by atoms with Crippen LogP contribution in [0.5, 0.6) is 5.75 Å². The van der Waals surface area contributed by atoms with Gasteiger partial charge >= 0.3 is 6.16 Å². The van der Waals surface area contributed by atoms with Crippen molar-refractivity contribution in [2.24, 2.45) is 16.8 Å². The molecule has 3 unspecified atom stereocenters. The van der Waals surface area contributed by atoms with Crippen LogP contribution in [0.1, 0.15) is 6.42 Å². The Morgan fingerprint density at radius 2 is 2.19 bits per heavy atom. The summed E-state index contributed by atoms with van der Waals surface area (Å²) in [6, 6.07) is 1.16. The van der Waals surface area contributed by atoms with Gasteiger partial charge in [0.15, 0.2) is 0 Å². The molecule has 8 nitrogen and oxygen atoms in total. The van der Waals surface area contributed by atoms with Crippen molar-refractivity contribution in [1.29, 1.82) is 0 Å². The fraction of sp³-hybridized carbons (Fsp3) is 0.318. The molecular weight excluding hydrogens is 437 g/mol. The number of ether oxygens (including phenoxy) is 1. The zero-order chi connectivity index (χ0) is 22.3. The minimum atomic E-state index is -1.61. The van der Waals surface area contributed by atoms with E-state index in [1.165, 1.54) is 11.3 Å². The number of benzene rings is 1. The molecule has 0 radical (unpaired) electrons. The van der Waals surface area contributed by atoms with Gasteiger partial charge in [-0.1, -0.05) is 12.2 Å². The predicted octanol–water partition coefficient (Wildman–Crippen LogP) is 2.64. The number of carbonyl (C=O) groups is 1. The minimum absolute atomic E-state index is 0.00767. The second-order valence-electron chi connectivity index (χ2n) is 8.32. The molecule has 4 heterocycles. The highest BCUT2D eigenvalue weighted by molar-refractivity contribution is 7.16. The summed E-state index contributed by atoms with van der Waals surface area (Å²) >= 11 is 1.18. The molecule has 2 N–H and O–H groups in total. The number of anilines is 1. The van der Waals surface area contributed by atoms with Crippen LogP contribution < -0.4 is 20.4 Å². The van der Waals surface area contributed by atoms with Crippen LogP contribution in [0.25, 0.3) is 26.6 Å². The zero-order valence-electron chi connectivity index (χ0n) is 16.9. The van der Waals surface area contributed by atoms with Gasteiger partial charge in [-0.25, -0.2) is 9.18 Å². The Kier molecular flexibility index (Phi) is 4.03. The summed E-state index contributed by atoms with van der Waals surface area (Å²) in [5.74, 6) is -0.698. The van der Waals surface area contributed by atoms with Gasteiger partial charge in [-0.15, -0.1) is 11.3 Å². The average molecular weight is 455 g/mol. The number of allylic oxidation sites excluding steroid dienone is 1. The maximum Gasteiger partial charge on any atom is 0.511 e. The molecule has 10 heteroatoms. The quantitative estimate of drug-likeness (QED) is 0.356. The number of aromatic nitrogens is 1. The van der Waals surface area contributed by atoms with E-state index in [9.17, 15) is 14.7 Å². The first-order valence-corrected chi connectivity index (χ1v) is 11.1. The summed E-state index contributed by atoms with van der Waals surface area (Å²) in [4.78, 5) is 31.0. The van der Waals surface area contributed by atoms with Crippen molar-refractivity contribution in [3.63, 3.8) is 0 Å². The van der Waals surface area contributed by atoms with E-state index >= 15 is 4.39 Å². The lowest BCUT2D eigenvalue weighted by atomic mass is 9.84. The number of nitrogens with zero attached hydrogens (tertiary/aromatic N) is 3. The first-order chi connectivity index (χ1) is 15.4. The first kappa shape index (κ1) is 19.4. The van der Waals surface area contributed by atoms with E-state index in [1.807, 2.05) is 11.0 Å². The topological polar surface area (TPSA) is 104 Å². The van der Waals surface area contributed by atoms with Crippen molar-refractivity contribution < 1.29 is 24.1 Å². The van der Waals surface area contributed by atoms with Gasteiger partial charge in [0.2, 0.25) is 11.2 Å². The third-order valence-electron chi connectivity index (χ3n) is 6.73. The molecule has 2 aliphatic rings. The third kappa shape index (κ3) is 2.41. The molecule has 1 fully saturated rings. The molecule has 1 aromatic carbocycles. The number of halogens is 1. The number of rotatable bonds is 2. The molecule has 6 rings (SSSR count). The van der Waals surface area contributed by atoms with Crippen molar-refractivity contribution in [3.8, 4) is 5.75 Å². The number of thiazole rings is 1. The SMILES string of the molecule is CN=c1c2c(N3CC4CC=CC(O)C4C3)c(F)cc3c(=O)c(OC(=O)O)c4scc1n4c32. The maximum atomic E-state index is 15.6. The summed E-state index contributed by atoms with van der Waals surface area (Å²) < 4.78 is 22.2. The maximum absolute atomic E-state index is 15.6. The van der Waals surface area contributed by atoms with Crippen molar-refractivity contribution in [3.05, 3.63) is 45.0 Å². The minimum Gasteiger partial charge on any atom is -0.449 e. The molecule has 32 heavy (non-hydrogen) atoms. The lowest BCUT2D eigenvalue weighted by molar-refractivity contribution is 0.129. The molecule has 1 aliphatic heterocycles. The number of aliphatic hydroxyl groups is 1. The van der Waals surface area contributed by atoms with E-state index in [2.05, 4.69) is 4.99 Å². The third-order valence-corrected chi connectivity index (χ3v) is 7.66. The molecule has 1 aliphatic carbocycles. The number of aliphatic hydroxyl groups excluding tert-OH is 1. The van der Waals surface area contributed by atoms with E-state index in [-0.39, 0.29) is 23.0 Å². The molecule has 1 saturated heterocycles. The number of hydrogen-bond acceptors (Lipinski definition) is 7. The molecule has 4 aromatic rings. The van der Waals surface area contributed by atoms with Crippen LogP contribution in [0.15, 0.2) is 33.4 Å². The Hall–Kier alpha value is -3.24. The van der Waals surface area contributed by atoms with E-state index in [0.717, 1.165) is 12.5 Å². The normalized spacial score (nSPS) is 23.8. The first-order valence-electron chi connectivity index (χ1n) is 10.2. The van der Waals surface area contributed by atoms with Crippen LogP contribution in [0.2, 0.25) is 0 Å². The van der Waals surface area contributed by atoms with E-state index in [0.29, 0.717) is 45.4 Å². The van der Waals surface area contributed by atoms with Gasteiger partial charge in [0.25, 0.3) is 0 Å². The highest BCUT2D eigenvalue weighted by atomic mass is 32.1. The molecule has 0 saturated carbocycles. The monoisotopic (exact) mass is 455 g/mol. The predicted molar refractivity (Wildman–Crippen MR) is 118 cm³/mol. The average Bonchev–Trinajstić information content (AvgIpc) is 3.44. The number of hydrogen-bond donors (Lipinski definition) is 2. The van der Waals surface area contributed by atoms with Gasteiger partial charge in [-0.2, -0.15) is 0 Å². The van der Waals surface area contributed by atoms with Crippen LogP contribution in [0.3, 0.4) is 0 Å². The van der Waals surface area contributed by atoms with Crippen molar-refractivity contribution in [2.45, 2.75) is 12.5 Å². The van der Waals surface area contributed by atoms with Gasteiger partial charge in [0.1, 0.15) is 10.6 Å². The highest BCUT2D eigenvalue weighted by Crippen LogP contribution is 2.42. The van der Waals surface area contributed by atoms with Gasteiger partial charge in [-0.05, 0) is 18.4 Å². The lowest BCUT2D eigenvalue weighted by Crippen LogP contribution is -2.28. The van der Waals surface area contributed by atoms with Crippen LogP contribution in [0.4, 0.5) is 14.9 Å². The summed E-state index contributed by atoms with van der Waals surface area (Å²) in [6.45, 7) is 1.08. The Labute approximate surface area is 183 Å². The Morgan fingerprint density at radius 1 is 1.38 bits per heavy atom. The Balaban J connectivity index is 1.68. The van der Waals surface area contributed by atoms with Crippen LogP contribution in [-0.2, 0) is 0 Å². The van der Waals surface area contributed by atoms with Gasteiger partial charge < -0.3 is 19.8 Å². The van der Waals surface area contributed by atoms with Crippen molar-refractivity contribution in [2.75, 3.05) is 25.0 Å². The van der Waals surface area contributed by atoms with E-state index < -0.39 is 23.5 Å². The smallest absolute Gasteiger partial charge is 0.449 e. The highest BCUT2D eigenvalue weighted by Gasteiger charge is 2.40. The number of carboxylic acid groups (broad SMARTS) is 1. The summed E-state index contributed by atoms with van der Waals surface area (Å²) in [6.07, 6.45) is 2.41. The van der Waals surface area contributed by atoms with E-state index in [4.69, 9.17) is 9.84 Å². The Bertz CT molecular complexity index is 1560. The molecule has 164 valence electrons. The fourth-order valence-electron chi connectivity index (χ4n) is 5.44. The fourth-order valence-corrected chi connectivity index (χ4v) is 6.41. The Morgan fingerprint density at radius 3 is 2.91 bits per heavy atom. The summed E-state index contributed by atoms with van der Waals surface area (Å²) in [5, 5.41) is 22.4. The number of fused-ring (bicyclic) bond motifs is 1. The molecule has 0 spiro atoms. The largest absolute Gasteiger partial charge is 0.511 e. The van der Waals surface area contributed by atoms with Crippen LogP contribution in [-0.4, -0.2) is 47.0 Å². The molecule has 0 bridgehead atoms. The van der Waals surface area contributed by atoms with Gasteiger partial charge in [0.05, 0.1) is 39.0 Å². The number of pyridine rings is 1. The molecule has 0 amide bonds.